The van der Waals surface area contributed by atoms with E-state index in [0.717, 1.165) is 165 Å². The number of aryl methyl sites for hydroxylation is 1. The summed E-state index contributed by atoms with van der Waals surface area (Å²) < 4.78 is 80.9. The van der Waals surface area contributed by atoms with Crippen molar-refractivity contribution in [3.63, 3.8) is 0 Å². The van der Waals surface area contributed by atoms with E-state index in [9.17, 15) is 57.5 Å². The van der Waals surface area contributed by atoms with Crippen molar-refractivity contribution in [1.82, 2.24) is 0 Å². The Hall–Kier alpha value is -12.7. The molecule has 126 heavy (non-hydrogen) atoms. The van der Waals surface area contributed by atoms with Crippen LogP contribution in [0.1, 0.15) is 240 Å². The molecule has 6 aromatic rings. The molecule has 0 aromatic heterocycles. The van der Waals surface area contributed by atoms with Crippen LogP contribution in [0.15, 0.2) is 196 Å². The molecule has 0 fully saturated rings. The maximum atomic E-state index is 12.7. The van der Waals surface area contributed by atoms with E-state index in [-0.39, 0.29) is 76.6 Å². The van der Waals surface area contributed by atoms with E-state index in [4.69, 9.17) is 71.1 Å². The maximum Gasteiger partial charge on any atom is 0.343 e. The van der Waals surface area contributed by atoms with Gasteiger partial charge < -0.3 is 71.1 Å². The summed E-state index contributed by atoms with van der Waals surface area (Å²) in [4.78, 5) is 145. The fourth-order valence-corrected chi connectivity index (χ4v) is 11.8. The normalized spacial score (nSPS) is 10.7. The first-order valence-corrected chi connectivity index (χ1v) is 43.3. The molecule has 27 heteroatoms. The van der Waals surface area contributed by atoms with Gasteiger partial charge in [-0.2, -0.15) is 0 Å². The Morgan fingerprint density at radius 1 is 0.254 bits per heavy atom. The molecule has 0 N–H and O–H groups in total. The molecule has 6 rings (SSSR count). The molecule has 0 radical (unpaired) electrons. The van der Waals surface area contributed by atoms with E-state index in [2.05, 4.69) is 26.3 Å². The predicted molar refractivity (Wildman–Crippen MR) is 470 cm³/mol. The smallest absolute Gasteiger partial charge is 0.343 e. The Morgan fingerprint density at radius 3 is 0.810 bits per heavy atom. The van der Waals surface area contributed by atoms with Crippen molar-refractivity contribution in [3.05, 3.63) is 224 Å². The van der Waals surface area contributed by atoms with E-state index >= 15 is 0 Å². The van der Waals surface area contributed by atoms with Crippen LogP contribution in [0.5, 0.6) is 40.2 Å². The zero-order valence-corrected chi connectivity index (χ0v) is 72.8. The molecule has 0 bridgehead atoms. The number of rotatable bonds is 64. The SMILES string of the molecule is C=CC(=O)OCCCC(COC(=O)C=C)(COC(=O)C=C)COC(=O)CCC(=O)OCCCCCCCCOc1ccc(C(=O)Oc2ccc(OC(=O)c3ccc(C)cc3)cc2)cc1.C=CC(=O)OCCCCCCCCOc1ccc(C(=O)Oc2ccc(OC(=O)c3ccc(OCCCCCCCCOC(=O)CCCCCOC(=O)CCCC)cc3)cc2)cc1. The lowest BCUT2D eigenvalue weighted by molar-refractivity contribution is -0.161. The molecule has 0 aliphatic carbocycles. The highest BCUT2D eigenvalue weighted by Gasteiger charge is 2.36. The summed E-state index contributed by atoms with van der Waals surface area (Å²) in [6, 6.07) is 39.7. The minimum absolute atomic E-state index is 0.0224. The summed E-state index contributed by atoms with van der Waals surface area (Å²) in [5.74, 6) is -2.94. The zero-order valence-electron chi connectivity index (χ0n) is 72.8. The Bertz CT molecular complexity index is 4280. The van der Waals surface area contributed by atoms with Crippen molar-refractivity contribution in [2.24, 2.45) is 5.41 Å². The summed E-state index contributed by atoms with van der Waals surface area (Å²) in [6.45, 7) is 19.6. The van der Waals surface area contributed by atoms with Gasteiger partial charge in [0.25, 0.3) is 0 Å². The molecular weight excluding hydrogens is 1620 g/mol. The standard InChI is InChI=1S/C50H66O12.C49H56O15/c1-3-5-21-47(52)59-39-20-14-15-22-48(53)60-38-19-13-9-7-11-17-36-57-43-29-25-41(26-30-43)50(55)62-45-33-31-44(32-34-45)61-49(54)40-23-27-42(28-24-40)56-35-16-10-6-8-12-18-37-58-46(51)4-2;1-5-42(50)58-32-14-29-49(33-60-43(51)6-2,34-61-44(52)7-3)35-62-46(54)28-27-45(53)59-31-13-11-9-8-10-12-30-57-39-21-19-38(20-22-39)48(56)64-41-25-23-40(24-26-41)63-47(55)37-17-15-36(4)16-18-37/h4,23-34H,2-3,5-22,35-39H2,1H3;5-7,15-26H,1-3,8-14,27-35H2,4H3. The third kappa shape index (κ3) is 46.7. The monoisotopic (exact) mass is 1740 g/mol. The third-order valence-electron chi connectivity index (χ3n) is 19.1. The number of hydrogen-bond donors (Lipinski definition) is 0. The van der Waals surface area contributed by atoms with Gasteiger partial charge in [0.1, 0.15) is 60.1 Å². The predicted octanol–water partition coefficient (Wildman–Crippen LogP) is 19.1. The molecule has 0 saturated heterocycles. The van der Waals surface area contributed by atoms with Crippen LogP contribution in [0.2, 0.25) is 0 Å². The lowest BCUT2D eigenvalue weighted by atomic mass is 9.85. The van der Waals surface area contributed by atoms with Crippen LogP contribution in [-0.4, -0.2) is 144 Å². The van der Waals surface area contributed by atoms with Gasteiger partial charge in [0.15, 0.2) is 0 Å². The number of unbranched alkanes of at least 4 members (excludes halogenated alkanes) is 18. The second-order valence-corrected chi connectivity index (χ2v) is 29.6. The van der Waals surface area contributed by atoms with Crippen LogP contribution < -0.4 is 33.2 Å². The van der Waals surface area contributed by atoms with Crippen molar-refractivity contribution in [2.45, 2.75) is 200 Å². The zero-order chi connectivity index (χ0) is 91.0. The highest BCUT2D eigenvalue weighted by atomic mass is 16.6. The van der Waals surface area contributed by atoms with E-state index < -0.39 is 59.1 Å². The van der Waals surface area contributed by atoms with E-state index in [0.29, 0.717) is 121 Å². The second kappa shape index (κ2) is 63.3. The van der Waals surface area contributed by atoms with Gasteiger partial charge >= 0.3 is 71.6 Å². The number of esters is 12. The van der Waals surface area contributed by atoms with Crippen molar-refractivity contribution in [1.29, 1.82) is 0 Å². The average molecular weight is 1740 g/mol. The third-order valence-corrected chi connectivity index (χ3v) is 19.1. The molecule has 0 aliphatic heterocycles. The molecule has 27 nitrogen and oxygen atoms in total. The van der Waals surface area contributed by atoms with Crippen molar-refractivity contribution in [2.75, 3.05) is 72.7 Å². The number of carbonyl (C=O) groups excluding carboxylic acids is 12. The maximum absolute atomic E-state index is 12.7. The molecule has 6 aromatic carbocycles. The van der Waals surface area contributed by atoms with Gasteiger partial charge in [-0.05, 0) is 217 Å². The van der Waals surface area contributed by atoms with Crippen LogP contribution >= 0.6 is 0 Å². The van der Waals surface area contributed by atoms with Crippen molar-refractivity contribution >= 4 is 71.6 Å². The Labute approximate surface area is 739 Å². The Morgan fingerprint density at radius 2 is 0.492 bits per heavy atom. The van der Waals surface area contributed by atoms with Crippen LogP contribution in [-0.2, 0) is 76.3 Å². The molecule has 0 aliphatic rings. The summed E-state index contributed by atoms with van der Waals surface area (Å²) in [7, 11) is 0. The van der Waals surface area contributed by atoms with Gasteiger partial charge in [0.05, 0.1) is 93.4 Å². The molecular formula is C99H122O27. The fraction of sp³-hybridized carbons (Fsp3) is 0.434. The summed E-state index contributed by atoms with van der Waals surface area (Å²) in [6.07, 6.45) is 26.1. The van der Waals surface area contributed by atoms with E-state index in [1.807, 2.05) is 26.0 Å². The molecule has 0 atom stereocenters. The molecule has 0 amide bonds. The topological polar surface area (TPSA) is 343 Å². The Balaban J connectivity index is 0.000000447. The van der Waals surface area contributed by atoms with Gasteiger partial charge in [-0.25, -0.2) is 38.4 Å². The molecule has 680 valence electrons. The van der Waals surface area contributed by atoms with Gasteiger partial charge in [0.2, 0.25) is 0 Å². The van der Waals surface area contributed by atoms with Crippen LogP contribution in [0.25, 0.3) is 0 Å². The lowest BCUT2D eigenvalue weighted by Gasteiger charge is -2.32. The molecule has 0 unspecified atom stereocenters. The summed E-state index contributed by atoms with van der Waals surface area (Å²) in [5.41, 5.74) is 1.37. The van der Waals surface area contributed by atoms with Crippen LogP contribution in [0.4, 0.5) is 0 Å². The van der Waals surface area contributed by atoms with E-state index in [1.165, 1.54) is 6.08 Å². The average Bonchev–Trinajstić information content (AvgIpc) is 0.868. The highest BCUT2D eigenvalue weighted by molar-refractivity contribution is 5.93. The highest BCUT2D eigenvalue weighted by Crippen LogP contribution is 2.29. The van der Waals surface area contributed by atoms with Gasteiger partial charge in [-0.15, -0.1) is 0 Å². The number of carbonyl (C=O) groups is 12. The first kappa shape index (κ1) is 104. The van der Waals surface area contributed by atoms with Crippen LogP contribution in [0, 0.1) is 12.3 Å². The number of hydrogen-bond acceptors (Lipinski definition) is 27. The quantitative estimate of drug-likeness (QED) is 0.0112. The van der Waals surface area contributed by atoms with Gasteiger partial charge in [0, 0.05) is 37.1 Å². The molecule has 0 saturated carbocycles. The van der Waals surface area contributed by atoms with Crippen molar-refractivity contribution in [3.8, 4) is 40.2 Å². The summed E-state index contributed by atoms with van der Waals surface area (Å²) >= 11 is 0. The van der Waals surface area contributed by atoms with Gasteiger partial charge in [-0.1, -0.05) is 134 Å². The summed E-state index contributed by atoms with van der Waals surface area (Å²) in [5, 5.41) is 0. The first-order valence-electron chi connectivity index (χ1n) is 43.3. The van der Waals surface area contributed by atoms with Gasteiger partial charge in [-0.3, -0.25) is 19.2 Å². The number of benzene rings is 6. The molecule has 0 heterocycles. The minimum Gasteiger partial charge on any atom is -0.494 e. The minimum atomic E-state index is -1.20. The lowest BCUT2D eigenvalue weighted by Crippen LogP contribution is -2.39. The largest absolute Gasteiger partial charge is 0.494 e. The Kier molecular flexibility index (Phi) is 52.2. The number of ether oxygens (including phenoxy) is 15. The molecule has 0 spiro atoms. The second-order valence-electron chi connectivity index (χ2n) is 29.6. The fourth-order valence-electron chi connectivity index (χ4n) is 11.8. The van der Waals surface area contributed by atoms with E-state index in [1.54, 1.807) is 133 Å². The van der Waals surface area contributed by atoms with Crippen molar-refractivity contribution < 1.29 is 129 Å². The first-order chi connectivity index (χ1) is 61.1. The van der Waals surface area contributed by atoms with Crippen LogP contribution in [0.3, 0.4) is 0 Å².